The zero-order chi connectivity index (χ0) is 14.7. The van der Waals surface area contributed by atoms with E-state index in [1.165, 1.54) is 24.5 Å². The van der Waals surface area contributed by atoms with Gasteiger partial charge in [0.1, 0.15) is 5.69 Å². The van der Waals surface area contributed by atoms with E-state index >= 15 is 0 Å². The van der Waals surface area contributed by atoms with Crippen LogP contribution in [0.4, 0.5) is 17.2 Å². The zero-order valence-corrected chi connectivity index (χ0v) is 10.5. The molecule has 1 aromatic carbocycles. The molecule has 0 amide bonds. The van der Waals surface area contributed by atoms with Crippen LogP contribution in [-0.2, 0) is 0 Å². The van der Waals surface area contributed by atoms with Crippen LogP contribution in [0, 0.1) is 10.1 Å². The number of carboxylic acid groups (broad SMARTS) is 1. The molecule has 0 saturated heterocycles. The second kappa shape index (κ2) is 5.49. The van der Waals surface area contributed by atoms with E-state index < -0.39 is 10.9 Å². The maximum absolute atomic E-state index is 11.0. The molecule has 0 aliphatic carbocycles. The Morgan fingerprint density at radius 3 is 2.70 bits per heavy atom. The summed E-state index contributed by atoms with van der Waals surface area (Å²) in [4.78, 5) is 28.7. The van der Waals surface area contributed by atoms with Crippen molar-refractivity contribution < 1.29 is 14.8 Å². The summed E-state index contributed by atoms with van der Waals surface area (Å²) in [6.07, 6.45) is 2.49. The molecule has 1 heterocycles. The summed E-state index contributed by atoms with van der Waals surface area (Å²) < 4.78 is 0. The van der Waals surface area contributed by atoms with Crippen LogP contribution in [0.1, 0.15) is 10.5 Å². The summed E-state index contributed by atoms with van der Waals surface area (Å²) in [6, 6.07) is 3.95. The van der Waals surface area contributed by atoms with Gasteiger partial charge < -0.3 is 10.4 Å². The number of nitrogens with zero attached hydrogens (tertiary/aromatic N) is 3. The Balaban J connectivity index is 2.45. The van der Waals surface area contributed by atoms with Gasteiger partial charge in [0.2, 0.25) is 0 Å². The van der Waals surface area contributed by atoms with Crippen LogP contribution in [-0.4, -0.2) is 26.0 Å². The smallest absolute Gasteiger partial charge is 0.358 e. The van der Waals surface area contributed by atoms with Crippen LogP contribution in [0.2, 0.25) is 5.02 Å². The van der Waals surface area contributed by atoms with Crippen molar-refractivity contribution in [1.29, 1.82) is 0 Å². The van der Waals surface area contributed by atoms with Gasteiger partial charge in [0.25, 0.3) is 5.69 Å². The highest BCUT2D eigenvalue weighted by molar-refractivity contribution is 6.30. The third-order valence-corrected chi connectivity index (χ3v) is 2.55. The van der Waals surface area contributed by atoms with Crippen molar-refractivity contribution in [3.63, 3.8) is 0 Å². The van der Waals surface area contributed by atoms with Gasteiger partial charge >= 0.3 is 5.97 Å². The minimum atomic E-state index is -1.29. The highest BCUT2D eigenvalue weighted by Gasteiger charge is 2.18. The van der Waals surface area contributed by atoms with E-state index in [0.717, 1.165) is 6.07 Å². The predicted molar refractivity (Wildman–Crippen MR) is 70.4 cm³/mol. The Labute approximate surface area is 117 Å². The van der Waals surface area contributed by atoms with Gasteiger partial charge in [-0.05, 0) is 12.1 Å². The number of carbonyl (C=O) groups is 1. The molecule has 0 unspecified atom stereocenters. The number of benzene rings is 1. The Morgan fingerprint density at radius 2 is 2.05 bits per heavy atom. The van der Waals surface area contributed by atoms with Gasteiger partial charge in [-0.1, -0.05) is 11.6 Å². The van der Waals surface area contributed by atoms with Crippen molar-refractivity contribution in [1.82, 2.24) is 9.97 Å². The maximum atomic E-state index is 11.0. The summed E-state index contributed by atoms with van der Waals surface area (Å²) in [5, 5.41) is 22.7. The first-order valence-corrected chi connectivity index (χ1v) is 5.62. The Kier molecular flexibility index (Phi) is 3.76. The Bertz CT molecular complexity index is 692. The minimum absolute atomic E-state index is 0.0717. The van der Waals surface area contributed by atoms with Gasteiger partial charge in [-0.2, -0.15) is 0 Å². The van der Waals surface area contributed by atoms with Crippen molar-refractivity contribution in [3.8, 4) is 0 Å². The Hall–Kier alpha value is -2.74. The maximum Gasteiger partial charge on any atom is 0.358 e. The number of rotatable bonds is 4. The molecule has 2 N–H and O–H groups in total. The number of nitro groups is 1. The van der Waals surface area contributed by atoms with Crippen molar-refractivity contribution in [2.24, 2.45) is 0 Å². The largest absolute Gasteiger partial charge is 0.476 e. The second-order valence-electron chi connectivity index (χ2n) is 3.60. The van der Waals surface area contributed by atoms with Crippen molar-refractivity contribution in [2.45, 2.75) is 0 Å². The topological polar surface area (TPSA) is 118 Å². The minimum Gasteiger partial charge on any atom is -0.476 e. The lowest BCUT2D eigenvalue weighted by Crippen LogP contribution is -2.08. The van der Waals surface area contributed by atoms with Gasteiger partial charge in [-0.3, -0.25) is 10.1 Å². The number of hydrogen-bond acceptors (Lipinski definition) is 6. The van der Waals surface area contributed by atoms with Crippen LogP contribution in [0.5, 0.6) is 0 Å². The highest BCUT2D eigenvalue weighted by atomic mass is 35.5. The number of carboxylic acids is 1. The van der Waals surface area contributed by atoms with Crippen molar-refractivity contribution >= 4 is 34.8 Å². The number of anilines is 2. The molecule has 0 aliphatic rings. The average Bonchev–Trinajstić information content (AvgIpc) is 2.41. The summed E-state index contributed by atoms with van der Waals surface area (Å²) in [7, 11) is 0. The van der Waals surface area contributed by atoms with Gasteiger partial charge in [0.15, 0.2) is 11.5 Å². The van der Waals surface area contributed by atoms with Crippen molar-refractivity contribution in [3.05, 3.63) is 51.4 Å². The molecule has 0 saturated carbocycles. The van der Waals surface area contributed by atoms with Crippen LogP contribution in [0.3, 0.4) is 0 Å². The van der Waals surface area contributed by atoms with E-state index in [9.17, 15) is 14.9 Å². The third-order valence-electron chi connectivity index (χ3n) is 2.31. The zero-order valence-electron chi connectivity index (χ0n) is 9.78. The molecule has 0 radical (unpaired) electrons. The molecule has 0 bridgehead atoms. The predicted octanol–water partition coefficient (Wildman–Crippen LogP) is 2.48. The summed E-state index contributed by atoms with van der Waals surface area (Å²) >= 11 is 5.69. The number of hydrogen-bond donors (Lipinski definition) is 2. The molecule has 8 nitrogen and oxygen atoms in total. The molecule has 0 fully saturated rings. The molecule has 20 heavy (non-hydrogen) atoms. The van der Waals surface area contributed by atoms with Crippen molar-refractivity contribution in [2.75, 3.05) is 5.32 Å². The Morgan fingerprint density at radius 1 is 1.35 bits per heavy atom. The molecule has 2 aromatic rings. The molecule has 0 atom stereocenters. The average molecular weight is 295 g/mol. The van der Waals surface area contributed by atoms with E-state index in [1.807, 2.05) is 0 Å². The molecular weight excluding hydrogens is 288 g/mol. The van der Waals surface area contributed by atoms with Crippen LogP contribution in [0.15, 0.2) is 30.6 Å². The molecule has 2 rings (SSSR count). The molecule has 0 spiro atoms. The normalized spacial score (nSPS) is 10.1. The summed E-state index contributed by atoms with van der Waals surface area (Å²) in [6.45, 7) is 0. The van der Waals surface area contributed by atoms with Gasteiger partial charge in [-0.15, -0.1) is 0 Å². The lowest BCUT2D eigenvalue weighted by molar-refractivity contribution is -0.383. The second-order valence-corrected chi connectivity index (χ2v) is 4.04. The fourth-order valence-corrected chi connectivity index (χ4v) is 1.64. The van der Waals surface area contributed by atoms with Gasteiger partial charge in [0.05, 0.1) is 4.92 Å². The number of aromatic nitrogens is 2. The van der Waals surface area contributed by atoms with E-state index in [4.69, 9.17) is 16.7 Å². The monoisotopic (exact) mass is 294 g/mol. The van der Waals surface area contributed by atoms with E-state index in [-0.39, 0.29) is 27.9 Å². The van der Waals surface area contributed by atoms with E-state index in [1.54, 1.807) is 0 Å². The number of nitro benzene ring substituents is 1. The summed E-state index contributed by atoms with van der Waals surface area (Å²) in [5.41, 5.74) is -0.557. The SMILES string of the molecule is O=C(O)c1nccnc1Nc1ccc(Cl)cc1[N+](=O)[O-]. The fraction of sp³-hybridized carbons (Fsp3) is 0. The van der Waals surface area contributed by atoms with Crippen LogP contribution < -0.4 is 5.32 Å². The number of aromatic carboxylic acids is 1. The number of nitrogens with one attached hydrogen (secondary N) is 1. The molecule has 1 aromatic heterocycles. The van der Waals surface area contributed by atoms with E-state index in [0.29, 0.717) is 0 Å². The van der Waals surface area contributed by atoms with Gasteiger partial charge in [-0.25, -0.2) is 14.8 Å². The lowest BCUT2D eigenvalue weighted by Gasteiger charge is -2.08. The van der Waals surface area contributed by atoms with Crippen LogP contribution >= 0.6 is 11.6 Å². The highest BCUT2D eigenvalue weighted by Crippen LogP contribution is 2.30. The van der Waals surface area contributed by atoms with Crippen LogP contribution in [0.25, 0.3) is 0 Å². The first kappa shape index (κ1) is 13.7. The molecular formula is C11H7ClN4O4. The molecule has 0 aliphatic heterocycles. The van der Waals surface area contributed by atoms with Gasteiger partial charge in [0, 0.05) is 23.5 Å². The number of halogens is 1. The third kappa shape index (κ3) is 2.81. The molecule has 9 heteroatoms. The fourth-order valence-electron chi connectivity index (χ4n) is 1.48. The first-order valence-electron chi connectivity index (χ1n) is 5.24. The molecule has 102 valence electrons. The lowest BCUT2D eigenvalue weighted by atomic mass is 10.2. The standard InChI is InChI=1S/C11H7ClN4O4/c12-6-1-2-7(8(5-6)16(19)20)15-10-9(11(17)18)13-3-4-14-10/h1-5H,(H,14,15)(H,17,18). The summed E-state index contributed by atoms with van der Waals surface area (Å²) in [5.74, 6) is -1.39. The van der Waals surface area contributed by atoms with E-state index in [2.05, 4.69) is 15.3 Å². The quantitative estimate of drug-likeness (QED) is 0.656. The first-order chi connectivity index (χ1) is 9.49.